The van der Waals surface area contributed by atoms with Crippen molar-refractivity contribution in [1.29, 1.82) is 0 Å². The van der Waals surface area contributed by atoms with Gasteiger partial charge in [-0.25, -0.2) is 4.79 Å². The fraction of sp³-hybridized carbons (Fsp3) is 0.792. The van der Waals surface area contributed by atoms with Crippen LogP contribution < -0.4 is 17.2 Å². The number of carbonyl (C=O) groups excluding carboxylic acids is 4. The minimum atomic E-state index is -1.83. The van der Waals surface area contributed by atoms with E-state index in [1.165, 1.54) is 9.80 Å². The molecule has 6 N–H and O–H groups in total. The molecule has 0 aromatic carbocycles. The lowest BCUT2D eigenvalue weighted by Gasteiger charge is -2.45. The van der Waals surface area contributed by atoms with Gasteiger partial charge in [0.1, 0.15) is 6.04 Å². The van der Waals surface area contributed by atoms with Crippen LogP contribution >= 0.6 is 0 Å². The lowest BCUT2D eigenvalue weighted by molar-refractivity contribution is -0.171. The zero-order valence-electron chi connectivity index (χ0n) is 21.1. The molecule has 2 amide bonds. The third-order valence-corrected chi connectivity index (χ3v) is 6.90. The van der Waals surface area contributed by atoms with E-state index in [9.17, 15) is 19.2 Å². The number of nitrogens with two attached hydrogens (primary N) is 3. The summed E-state index contributed by atoms with van der Waals surface area (Å²) in [7, 11) is 0. The highest BCUT2D eigenvalue weighted by molar-refractivity contribution is 6.03. The van der Waals surface area contributed by atoms with Crippen LogP contribution in [0.15, 0.2) is 4.99 Å². The van der Waals surface area contributed by atoms with Gasteiger partial charge in [0.25, 0.3) is 0 Å². The van der Waals surface area contributed by atoms with Crippen LogP contribution in [0.5, 0.6) is 0 Å². The van der Waals surface area contributed by atoms with E-state index < -0.39 is 29.5 Å². The van der Waals surface area contributed by atoms with Gasteiger partial charge in [0.2, 0.25) is 11.8 Å². The molecule has 11 heteroatoms. The first-order valence-electron chi connectivity index (χ1n) is 12.8. The summed E-state index contributed by atoms with van der Waals surface area (Å²) in [6, 6.07) is -1.85. The second-order valence-corrected chi connectivity index (χ2v) is 9.50. The summed E-state index contributed by atoms with van der Waals surface area (Å²) < 4.78 is 5.35. The number of aliphatic imine (C=N–C) groups is 1. The molecule has 198 valence electrons. The molecule has 1 heterocycles. The van der Waals surface area contributed by atoms with Crippen LogP contribution in [0.2, 0.25) is 0 Å². The van der Waals surface area contributed by atoms with E-state index >= 15 is 0 Å². The minimum Gasteiger partial charge on any atom is -0.464 e. The molecule has 1 aliphatic carbocycles. The topological polar surface area (TPSA) is 174 Å². The lowest BCUT2D eigenvalue weighted by atomic mass is 9.88. The molecule has 1 saturated carbocycles. The number of aldehydes is 1. The highest BCUT2D eigenvalue weighted by atomic mass is 16.5. The van der Waals surface area contributed by atoms with E-state index in [0.29, 0.717) is 44.9 Å². The first-order valence-corrected chi connectivity index (χ1v) is 12.8. The molecular weight excluding hydrogens is 452 g/mol. The van der Waals surface area contributed by atoms with Gasteiger partial charge in [-0.1, -0.05) is 25.7 Å². The van der Waals surface area contributed by atoms with Gasteiger partial charge in [0.15, 0.2) is 17.8 Å². The predicted molar refractivity (Wildman–Crippen MR) is 132 cm³/mol. The summed E-state index contributed by atoms with van der Waals surface area (Å²) in [5.74, 6) is -1.57. The summed E-state index contributed by atoms with van der Waals surface area (Å²) in [4.78, 5) is 60.1. The molecule has 0 spiro atoms. The highest BCUT2D eigenvalue weighted by Gasteiger charge is 2.53. The van der Waals surface area contributed by atoms with Crippen LogP contribution in [0.3, 0.4) is 0 Å². The molecular formula is C24H42N6O5. The zero-order chi connectivity index (χ0) is 26.0. The quantitative estimate of drug-likeness (QED) is 0.0705. The maximum atomic E-state index is 14.2. The Kier molecular flexibility index (Phi) is 10.9. The third-order valence-electron chi connectivity index (χ3n) is 6.90. The number of guanidine groups is 1. The van der Waals surface area contributed by atoms with Crippen LogP contribution in [0.4, 0.5) is 0 Å². The van der Waals surface area contributed by atoms with Crippen LogP contribution in [0.25, 0.3) is 0 Å². The number of nitrogens with zero attached hydrogens (tertiary/aromatic N) is 3. The Morgan fingerprint density at radius 2 is 1.80 bits per heavy atom. The van der Waals surface area contributed by atoms with E-state index in [1.54, 1.807) is 13.8 Å². The van der Waals surface area contributed by atoms with E-state index in [0.717, 1.165) is 25.7 Å². The number of rotatable bonds is 11. The predicted octanol–water partition coefficient (Wildman–Crippen LogP) is 0.430. The Hall–Kier alpha value is -2.69. The standard InChI is InChI=1S/C24H42N6O5/c1-3-35-22(34)24(16-31,13-9-14-28-23(26)27)30(18-10-6-4-5-7-11-18)21(33)19-12-8-15-29(19)20(32)17(2)25/h16-19H,3-15,25H2,1-2H3,(H4,26,27,28)/t17-,19-,24-/m0/s1. The van der Waals surface area contributed by atoms with Crippen molar-refractivity contribution in [3.8, 4) is 0 Å². The lowest BCUT2D eigenvalue weighted by Crippen LogP contribution is -2.66. The number of ether oxygens (including phenoxy) is 1. The van der Waals surface area contributed by atoms with Crippen molar-refractivity contribution in [2.24, 2.45) is 22.2 Å². The average molecular weight is 495 g/mol. The summed E-state index contributed by atoms with van der Waals surface area (Å²) in [6.07, 6.45) is 7.09. The summed E-state index contributed by atoms with van der Waals surface area (Å²) in [5.41, 5.74) is 14.9. The van der Waals surface area contributed by atoms with Gasteiger partial charge >= 0.3 is 5.97 Å². The molecule has 0 aromatic rings. The van der Waals surface area contributed by atoms with Gasteiger partial charge < -0.3 is 36.5 Å². The van der Waals surface area contributed by atoms with Gasteiger partial charge in [0.05, 0.1) is 12.6 Å². The molecule has 0 unspecified atom stereocenters. The monoisotopic (exact) mass is 494 g/mol. The number of likely N-dealkylation sites (tertiary alicyclic amines) is 1. The molecule has 11 nitrogen and oxygen atoms in total. The molecule has 2 aliphatic rings. The van der Waals surface area contributed by atoms with Crippen LogP contribution in [0.1, 0.15) is 78.1 Å². The van der Waals surface area contributed by atoms with Crippen molar-refractivity contribution in [2.75, 3.05) is 19.7 Å². The highest BCUT2D eigenvalue weighted by Crippen LogP contribution is 2.34. The Labute approximate surface area is 207 Å². The Balaban J connectivity index is 2.53. The molecule has 1 aliphatic heterocycles. The van der Waals surface area contributed by atoms with Gasteiger partial charge in [0, 0.05) is 19.1 Å². The number of esters is 1. The van der Waals surface area contributed by atoms with Gasteiger partial charge in [-0.3, -0.25) is 14.6 Å². The largest absolute Gasteiger partial charge is 0.464 e. The van der Waals surface area contributed by atoms with Crippen LogP contribution in [0, 0.1) is 0 Å². The number of carbonyl (C=O) groups is 4. The summed E-state index contributed by atoms with van der Waals surface area (Å²) in [6.45, 7) is 3.91. The van der Waals surface area contributed by atoms with Crippen molar-refractivity contribution >= 4 is 30.0 Å². The van der Waals surface area contributed by atoms with E-state index in [-0.39, 0.29) is 37.5 Å². The van der Waals surface area contributed by atoms with E-state index in [4.69, 9.17) is 21.9 Å². The SMILES string of the molecule is CCOC(=O)[C@@](C=O)(CCCN=C(N)N)N(C(=O)[C@@H]1CCCN1C(=O)[C@H](C)N)C1CCCCCC1. The smallest absolute Gasteiger partial charge is 0.339 e. The number of hydrogen-bond donors (Lipinski definition) is 3. The molecule has 1 saturated heterocycles. The molecule has 2 rings (SSSR count). The maximum absolute atomic E-state index is 14.2. The van der Waals surface area contributed by atoms with Crippen molar-refractivity contribution in [3.05, 3.63) is 0 Å². The molecule has 35 heavy (non-hydrogen) atoms. The van der Waals surface area contributed by atoms with E-state index in [1.807, 2.05) is 0 Å². The Bertz CT molecular complexity index is 776. The van der Waals surface area contributed by atoms with Crippen molar-refractivity contribution < 1.29 is 23.9 Å². The van der Waals surface area contributed by atoms with Crippen LogP contribution in [-0.2, 0) is 23.9 Å². The Morgan fingerprint density at radius 3 is 2.34 bits per heavy atom. The first-order chi connectivity index (χ1) is 16.7. The second kappa shape index (κ2) is 13.4. The first kappa shape index (κ1) is 28.5. The molecule has 0 bridgehead atoms. The van der Waals surface area contributed by atoms with Gasteiger partial charge in [-0.05, 0) is 52.4 Å². The third kappa shape index (κ3) is 6.93. The fourth-order valence-corrected chi connectivity index (χ4v) is 5.23. The normalized spacial score (nSPS) is 21.3. The summed E-state index contributed by atoms with van der Waals surface area (Å²) >= 11 is 0. The molecule has 0 radical (unpaired) electrons. The number of hydrogen-bond acceptors (Lipinski definition) is 7. The van der Waals surface area contributed by atoms with Crippen molar-refractivity contribution in [1.82, 2.24) is 9.80 Å². The second-order valence-electron chi connectivity index (χ2n) is 9.50. The van der Waals surface area contributed by atoms with Gasteiger partial charge in [-0.15, -0.1) is 0 Å². The molecule has 3 atom stereocenters. The zero-order valence-corrected chi connectivity index (χ0v) is 21.1. The number of amides is 2. The fourth-order valence-electron chi connectivity index (χ4n) is 5.23. The average Bonchev–Trinajstić information content (AvgIpc) is 3.16. The van der Waals surface area contributed by atoms with Crippen molar-refractivity contribution in [2.45, 2.75) is 102 Å². The van der Waals surface area contributed by atoms with Crippen LogP contribution in [-0.4, -0.2) is 83.2 Å². The van der Waals surface area contributed by atoms with E-state index in [2.05, 4.69) is 4.99 Å². The molecule has 2 fully saturated rings. The van der Waals surface area contributed by atoms with Crippen molar-refractivity contribution in [3.63, 3.8) is 0 Å². The summed E-state index contributed by atoms with van der Waals surface area (Å²) in [5, 5.41) is 0. The Morgan fingerprint density at radius 1 is 1.14 bits per heavy atom. The molecule has 0 aromatic heterocycles. The maximum Gasteiger partial charge on any atom is 0.339 e. The minimum absolute atomic E-state index is 0.0162. The van der Waals surface area contributed by atoms with Gasteiger partial charge in [-0.2, -0.15) is 0 Å².